The molecule has 3 amide bonds. The lowest BCUT2D eigenvalue weighted by Gasteiger charge is -2.22. The minimum absolute atomic E-state index is 0.0600. The van der Waals surface area contributed by atoms with Gasteiger partial charge in [0.1, 0.15) is 5.71 Å². The van der Waals surface area contributed by atoms with Gasteiger partial charge < -0.3 is 5.32 Å². The van der Waals surface area contributed by atoms with Gasteiger partial charge in [-0.05, 0) is 12.1 Å². The van der Waals surface area contributed by atoms with Crippen molar-refractivity contribution < 1.29 is 14.4 Å². The number of hydrazone groups is 1. The summed E-state index contributed by atoms with van der Waals surface area (Å²) in [4.78, 5) is 37.0. The molecular weight excluding hydrogens is 280 g/mol. The maximum absolute atomic E-state index is 12.1. The van der Waals surface area contributed by atoms with Gasteiger partial charge >= 0.3 is 0 Å². The number of fused-ring (bicyclic) bond motifs is 1. The minimum Gasteiger partial charge on any atom is -0.321 e. The van der Waals surface area contributed by atoms with Gasteiger partial charge in [0.05, 0.1) is 17.7 Å². The maximum Gasteiger partial charge on any atom is 0.271 e. The van der Waals surface area contributed by atoms with Crippen LogP contribution in [0.25, 0.3) is 0 Å². The van der Waals surface area contributed by atoms with Crippen LogP contribution in [0.5, 0.6) is 0 Å². The molecule has 0 spiro atoms. The van der Waals surface area contributed by atoms with Gasteiger partial charge in [0, 0.05) is 0 Å². The van der Waals surface area contributed by atoms with Gasteiger partial charge in [-0.25, -0.2) is 0 Å². The molecule has 3 rings (SSSR count). The van der Waals surface area contributed by atoms with Gasteiger partial charge in [0.15, 0.2) is 5.50 Å². The molecule has 0 aromatic heterocycles. The van der Waals surface area contributed by atoms with Gasteiger partial charge in [0.25, 0.3) is 17.7 Å². The number of imide groups is 1. The van der Waals surface area contributed by atoms with Crippen molar-refractivity contribution in [2.45, 2.75) is 5.50 Å². The number of hydrogen-bond acceptors (Lipinski definition) is 6. The zero-order valence-corrected chi connectivity index (χ0v) is 11.1. The molecular formula is C12H10N4O3S. The Morgan fingerprint density at radius 1 is 1.15 bits per heavy atom. The molecule has 2 aliphatic heterocycles. The average molecular weight is 290 g/mol. The Kier molecular flexibility index (Phi) is 2.94. The van der Waals surface area contributed by atoms with Crippen molar-refractivity contribution in [1.82, 2.24) is 15.6 Å². The van der Waals surface area contributed by atoms with Crippen LogP contribution in [-0.4, -0.2) is 40.4 Å². The Morgan fingerprint density at radius 3 is 2.30 bits per heavy atom. The molecule has 8 heteroatoms. The number of rotatable bonds is 2. The second kappa shape index (κ2) is 4.64. The second-order valence-corrected chi connectivity index (χ2v) is 4.82. The number of hydrogen-bond donors (Lipinski definition) is 3. The van der Waals surface area contributed by atoms with Crippen LogP contribution in [0.1, 0.15) is 20.7 Å². The summed E-state index contributed by atoms with van der Waals surface area (Å²) in [6, 6.07) is 6.54. The molecule has 2 aliphatic rings. The maximum atomic E-state index is 12.1. The summed E-state index contributed by atoms with van der Waals surface area (Å²) in [5.41, 5.74) is 2.73. The van der Waals surface area contributed by atoms with Crippen molar-refractivity contribution in [3.63, 3.8) is 0 Å². The van der Waals surface area contributed by atoms with Crippen LogP contribution in [0.4, 0.5) is 0 Å². The van der Waals surface area contributed by atoms with E-state index in [0.29, 0.717) is 11.1 Å². The Labute approximate surface area is 119 Å². The van der Waals surface area contributed by atoms with E-state index in [2.05, 4.69) is 28.5 Å². The number of carbonyl (C=O) groups is 3. The average Bonchev–Trinajstić information content (AvgIpc) is 2.67. The largest absolute Gasteiger partial charge is 0.321 e. The van der Waals surface area contributed by atoms with E-state index in [9.17, 15) is 14.4 Å². The third kappa shape index (κ3) is 1.94. The third-order valence-corrected chi connectivity index (χ3v) is 3.28. The van der Waals surface area contributed by atoms with E-state index in [0.717, 1.165) is 4.90 Å². The Bertz CT molecular complexity index is 623. The van der Waals surface area contributed by atoms with E-state index in [1.165, 1.54) is 0 Å². The van der Waals surface area contributed by atoms with Crippen LogP contribution >= 0.6 is 12.6 Å². The highest BCUT2D eigenvalue weighted by Gasteiger charge is 2.37. The van der Waals surface area contributed by atoms with Crippen molar-refractivity contribution in [1.29, 1.82) is 0 Å². The van der Waals surface area contributed by atoms with Gasteiger partial charge in [-0.15, -0.1) is 12.6 Å². The SMILES string of the molecule is O=C1NC(S)NN=C1CN1C(=O)c2ccccc2C1=O. The highest BCUT2D eigenvalue weighted by Crippen LogP contribution is 2.22. The highest BCUT2D eigenvalue weighted by atomic mass is 32.1. The molecule has 1 unspecified atom stereocenters. The summed E-state index contributed by atoms with van der Waals surface area (Å²) in [6.45, 7) is -0.175. The number of nitrogens with zero attached hydrogens (tertiary/aromatic N) is 2. The monoisotopic (exact) mass is 290 g/mol. The first kappa shape index (κ1) is 12.7. The van der Waals surface area contributed by atoms with Gasteiger partial charge in [-0.3, -0.25) is 24.7 Å². The summed E-state index contributed by atoms with van der Waals surface area (Å²) >= 11 is 3.99. The fraction of sp³-hybridized carbons (Fsp3) is 0.167. The standard InChI is InChI=1S/C12H10N4O3S/c17-9-8(14-15-12(20)13-9)5-16-10(18)6-3-1-2-4-7(6)11(16)19/h1-4,12,15,20H,5H2,(H,13,17). The predicted molar refractivity (Wildman–Crippen MR) is 73.3 cm³/mol. The molecule has 2 heterocycles. The summed E-state index contributed by atoms with van der Waals surface area (Å²) in [6.07, 6.45) is 0. The second-order valence-electron chi connectivity index (χ2n) is 4.31. The van der Waals surface area contributed by atoms with E-state index in [-0.39, 0.29) is 12.3 Å². The molecule has 1 atom stereocenters. The topological polar surface area (TPSA) is 90.9 Å². The number of nitrogens with one attached hydrogen (secondary N) is 2. The molecule has 1 aromatic carbocycles. The first-order valence-corrected chi connectivity index (χ1v) is 6.36. The Balaban J connectivity index is 1.86. The van der Waals surface area contributed by atoms with Gasteiger partial charge in [0.2, 0.25) is 0 Å². The molecule has 0 aliphatic carbocycles. The lowest BCUT2D eigenvalue weighted by molar-refractivity contribution is -0.115. The molecule has 2 N–H and O–H groups in total. The summed E-state index contributed by atoms with van der Waals surface area (Å²) in [5.74, 6) is -1.30. The number of benzene rings is 1. The zero-order chi connectivity index (χ0) is 14.3. The van der Waals surface area contributed by atoms with E-state index in [1.54, 1.807) is 24.3 Å². The Hall–Kier alpha value is -2.35. The molecule has 0 bridgehead atoms. The van der Waals surface area contributed by atoms with Crippen molar-refractivity contribution >= 4 is 36.1 Å². The lowest BCUT2D eigenvalue weighted by atomic mass is 10.1. The lowest BCUT2D eigenvalue weighted by Crippen LogP contribution is -2.51. The minimum atomic E-state index is -0.576. The zero-order valence-electron chi connectivity index (χ0n) is 10.2. The van der Waals surface area contributed by atoms with E-state index in [1.807, 2.05) is 0 Å². The van der Waals surface area contributed by atoms with Crippen LogP contribution in [0.15, 0.2) is 29.4 Å². The Morgan fingerprint density at radius 2 is 1.75 bits per heavy atom. The molecule has 7 nitrogen and oxygen atoms in total. The van der Waals surface area contributed by atoms with E-state index < -0.39 is 23.2 Å². The quantitative estimate of drug-likeness (QED) is 0.509. The molecule has 0 radical (unpaired) electrons. The number of thiol groups is 1. The van der Waals surface area contributed by atoms with Crippen molar-refractivity contribution in [3.8, 4) is 0 Å². The van der Waals surface area contributed by atoms with Crippen molar-refractivity contribution in [2.75, 3.05) is 6.54 Å². The molecule has 0 fully saturated rings. The van der Waals surface area contributed by atoms with Crippen LogP contribution < -0.4 is 10.7 Å². The summed E-state index contributed by atoms with van der Waals surface area (Å²) in [5, 5.41) is 6.31. The fourth-order valence-electron chi connectivity index (χ4n) is 2.07. The molecule has 102 valence electrons. The van der Waals surface area contributed by atoms with E-state index >= 15 is 0 Å². The van der Waals surface area contributed by atoms with Gasteiger partial charge in [-0.2, -0.15) is 5.10 Å². The first-order chi connectivity index (χ1) is 9.58. The van der Waals surface area contributed by atoms with Crippen LogP contribution in [0, 0.1) is 0 Å². The van der Waals surface area contributed by atoms with Crippen molar-refractivity contribution in [2.24, 2.45) is 5.10 Å². The fourth-order valence-corrected chi connectivity index (χ4v) is 2.24. The summed E-state index contributed by atoms with van der Waals surface area (Å²) in [7, 11) is 0. The smallest absolute Gasteiger partial charge is 0.271 e. The molecule has 0 saturated carbocycles. The first-order valence-electron chi connectivity index (χ1n) is 5.84. The van der Waals surface area contributed by atoms with Crippen molar-refractivity contribution in [3.05, 3.63) is 35.4 Å². The predicted octanol–water partition coefficient (Wildman–Crippen LogP) is -0.429. The normalized spacial score (nSPS) is 21.2. The number of carbonyl (C=O) groups excluding carboxylic acids is 3. The molecule has 20 heavy (non-hydrogen) atoms. The summed E-state index contributed by atoms with van der Waals surface area (Å²) < 4.78 is 0. The van der Waals surface area contributed by atoms with E-state index in [4.69, 9.17) is 0 Å². The molecule has 0 saturated heterocycles. The highest BCUT2D eigenvalue weighted by molar-refractivity contribution is 7.80. The van der Waals surface area contributed by atoms with Crippen LogP contribution in [-0.2, 0) is 4.79 Å². The number of amides is 3. The van der Waals surface area contributed by atoms with Gasteiger partial charge in [-0.1, -0.05) is 12.1 Å². The van der Waals surface area contributed by atoms with Crippen LogP contribution in [0.2, 0.25) is 0 Å². The molecule has 1 aromatic rings. The third-order valence-electron chi connectivity index (χ3n) is 3.04. The van der Waals surface area contributed by atoms with Crippen LogP contribution in [0.3, 0.4) is 0 Å².